The van der Waals surface area contributed by atoms with Crippen molar-refractivity contribution in [3.05, 3.63) is 0 Å². The van der Waals surface area contributed by atoms with Gasteiger partial charge in [-0.25, -0.2) is 0 Å². The highest BCUT2D eigenvalue weighted by Gasteiger charge is 2.36. The Labute approximate surface area is 114 Å². The average molecular weight is 272 g/mol. The predicted molar refractivity (Wildman–Crippen MR) is 75.6 cm³/mol. The van der Waals surface area contributed by atoms with Gasteiger partial charge in [-0.2, -0.15) is 11.8 Å². The summed E-state index contributed by atoms with van der Waals surface area (Å²) in [5.41, 5.74) is 0. The molecule has 0 aromatic rings. The SMILES string of the molecule is CCSCCCN1C(=O)CNC(=O)C1C(C)CC. The number of carbonyl (C=O) groups is 2. The number of nitrogens with one attached hydrogen (secondary N) is 1. The van der Waals surface area contributed by atoms with Crippen molar-refractivity contribution in [2.45, 2.75) is 39.7 Å². The van der Waals surface area contributed by atoms with E-state index in [4.69, 9.17) is 0 Å². The summed E-state index contributed by atoms with van der Waals surface area (Å²) in [6, 6.07) is -0.275. The lowest BCUT2D eigenvalue weighted by molar-refractivity contribution is -0.147. The molecule has 0 spiro atoms. The summed E-state index contributed by atoms with van der Waals surface area (Å²) < 4.78 is 0. The number of rotatable bonds is 7. The van der Waals surface area contributed by atoms with Crippen molar-refractivity contribution in [3.8, 4) is 0 Å². The van der Waals surface area contributed by atoms with Gasteiger partial charge < -0.3 is 10.2 Å². The van der Waals surface area contributed by atoms with Crippen molar-refractivity contribution in [2.24, 2.45) is 5.92 Å². The Kier molecular flexibility index (Phi) is 6.54. The summed E-state index contributed by atoms with van der Waals surface area (Å²) in [4.78, 5) is 25.6. The zero-order valence-electron chi connectivity index (χ0n) is 11.6. The minimum Gasteiger partial charge on any atom is -0.345 e. The number of piperazine rings is 1. The van der Waals surface area contributed by atoms with Crippen LogP contribution in [0.25, 0.3) is 0 Å². The second-order valence-corrected chi connectivity index (χ2v) is 6.08. The molecule has 1 fully saturated rings. The predicted octanol–water partition coefficient (Wildman–Crippen LogP) is 1.50. The first-order valence-electron chi connectivity index (χ1n) is 6.76. The highest BCUT2D eigenvalue weighted by Crippen LogP contribution is 2.18. The molecule has 1 aliphatic rings. The summed E-state index contributed by atoms with van der Waals surface area (Å²) in [7, 11) is 0. The van der Waals surface area contributed by atoms with Crippen molar-refractivity contribution < 1.29 is 9.59 Å². The largest absolute Gasteiger partial charge is 0.345 e. The molecule has 2 atom stereocenters. The van der Waals surface area contributed by atoms with E-state index in [2.05, 4.69) is 19.2 Å². The highest BCUT2D eigenvalue weighted by molar-refractivity contribution is 7.99. The quantitative estimate of drug-likeness (QED) is 0.715. The normalized spacial score (nSPS) is 21.9. The van der Waals surface area contributed by atoms with E-state index in [1.165, 1.54) is 0 Å². The first-order valence-corrected chi connectivity index (χ1v) is 7.92. The average Bonchev–Trinajstić information content (AvgIpc) is 2.37. The molecule has 0 bridgehead atoms. The lowest BCUT2D eigenvalue weighted by atomic mass is 9.95. The fourth-order valence-electron chi connectivity index (χ4n) is 2.20. The molecule has 5 heteroatoms. The van der Waals surface area contributed by atoms with Crippen molar-refractivity contribution in [1.29, 1.82) is 0 Å². The molecule has 1 heterocycles. The minimum absolute atomic E-state index is 0.00657. The third kappa shape index (κ3) is 3.90. The summed E-state index contributed by atoms with van der Waals surface area (Å²) in [5, 5.41) is 2.69. The molecule has 0 aliphatic carbocycles. The van der Waals surface area contributed by atoms with E-state index >= 15 is 0 Å². The van der Waals surface area contributed by atoms with Gasteiger partial charge in [0.15, 0.2) is 0 Å². The van der Waals surface area contributed by atoms with Crippen molar-refractivity contribution in [1.82, 2.24) is 10.2 Å². The highest BCUT2D eigenvalue weighted by atomic mass is 32.2. The smallest absolute Gasteiger partial charge is 0.243 e. The Morgan fingerprint density at radius 2 is 2.17 bits per heavy atom. The molecule has 4 nitrogen and oxygen atoms in total. The van der Waals surface area contributed by atoms with Crippen LogP contribution < -0.4 is 5.32 Å². The van der Waals surface area contributed by atoms with E-state index in [1.54, 1.807) is 4.90 Å². The molecule has 2 unspecified atom stereocenters. The first kappa shape index (κ1) is 15.3. The lowest BCUT2D eigenvalue weighted by Gasteiger charge is -2.38. The molecule has 18 heavy (non-hydrogen) atoms. The monoisotopic (exact) mass is 272 g/mol. The lowest BCUT2D eigenvalue weighted by Crippen LogP contribution is -2.60. The Morgan fingerprint density at radius 1 is 1.44 bits per heavy atom. The summed E-state index contributed by atoms with van der Waals surface area (Å²) in [5.74, 6) is 2.43. The van der Waals surface area contributed by atoms with E-state index in [9.17, 15) is 9.59 Å². The maximum atomic E-state index is 11.9. The molecular weight excluding hydrogens is 248 g/mol. The van der Waals surface area contributed by atoms with Gasteiger partial charge in [-0.05, 0) is 23.8 Å². The third-order valence-corrected chi connectivity index (χ3v) is 4.40. The van der Waals surface area contributed by atoms with Crippen LogP contribution in [0.15, 0.2) is 0 Å². The Hall–Kier alpha value is -0.710. The van der Waals surface area contributed by atoms with Crippen LogP contribution in [0.3, 0.4) is 0 Å². The van der Waals surface area contributed by atoms with Crippen LogP contribution in [0.5, 0.6) is 0 Å². The van der Waals surface area contributed by atoms with Crippen LogP contribution in [-0.4, -0.2) is 47.4 Å². The van der Waals surface area contributed by atoms with Gasteiger partial charge in [0.2, 0.25) is 11.8 Å². The van der Waals surface area contributed by atoms with Crippen LogP contribution in [0.4, 0.5) is 0 Å². The molecule has 1 rings (SSSR count). The van der Waals surface area contributed by atoms with Crippen LogP contribution in [0.1, 0.15) is 33.6 Å². The van der Waals surface area contributed by atoms with E-state index in [0.717, 1.165) is 24.3 Å². The van der Waals surface area contributed by atoms with Crippen LogP contribution >= 0.6 is 11.8 Å². The topological polar surface area (TPSA) is 49.4 Å². The fourth-order valence-corrected chi connectivity index (χ4v) is 2.82. The molecule has 104 valence electrons. The number of nitrogens with zero attached hydrogens (tertiary/aromatic N) is 1. The van der Waals surface area contributed by atoms with E-state index in [0.29, 0.717) is 6.54 Å². The van der Waals surface area contributed by atoms with Crippen LogP contribution in [0, 0.1) is 5.92 Å². The van der Waals surface area contributed by atoms with Gasteiger partial charge >= 0.3 is 0 Å². The van der Waals surface area contributed by atoms with Gasteiger partial charge in [0.1, 0.15) is 6.04 Å². The van der Waals surface area contributed by atoms with Gasteiger partial charge in [0.25, 0.3) is 0 Å². The zero-order valence-corrected chi connectivity index (χ0v) is 12.4. The molecule has 0 aromatic heterocycles. The first-order chi connectivity index (χ1) is 8.61. The molecule has 1 saturated heterocycles. The van der Waals surface area contributed by atoms with E-state index in [1.807, 2.05) is 18.7 Å². The maximum Gasteiger partial charge on any atom is 0.243 e. The van der Waals surface area contributed by atoms with E-state index in [-0.39, 0.29) is 30.3 Å². The number of thioether (sulfide) groups is 1. The fraction of sp³-hybridized carbons (Fsp3) is 0.846. The number of carbonyl (C=O) groups excluding carboxylic acids is 2. The zero-order chi connectivity index (χ0) is 13.5. The minimum atomic E-state index is -0.275. The van der Waals surface area contributed by atoms with Crippen molar-refractivity contribution >= 4 is 23.6 Å². The van der Waals surface area contributed by atoms with Gasteiger partial charge in [-0.15, -0.1) is 0 Å². The molecule has 0 aromatic carbocycles. The van der Waals surface area contributed by atoms with Crippen molar-refractivity contribution in [3.63, 3.8) is 0 Å². The molecule has 0 radical (unpaired) electrons. The van der Waals surface area contributed by atoms with E-state index < -0.39 is 0 Å². The third-order valence-electron chi connectivity index (χ3n) is 3.41. The molecular formula is C13H24N2O2S. The Bertz CT molecular complexity index is 297. The summed E-state index contributed by atoms with van der Waals surface area (Å²) in [6.45, 7) is 7.09. The van der Waals surface area contributed by atoms with Crippen molar-refractivity contribution in [2.75, 3.05) is 24.6 Å². The molecule has 1 N–H and O–H groups in total. The second-order valence-electron chi connectivity index (χ2n) is 4.69. The molecule has 0 saturated carbocycles. The van der Waals surface area contributed by atoms with Gasteiger partial charge in [0, 0.05) is 6.54 Å². The Balaban J connectivity index is 2.61. The Morgan fingerprint density at radius 3 is 2.78 bits per heavy atom. The van der Waals surface area contributed by atoms with Gasteiger partial charge in [-0.1, -0.05) is 27.2 Å². The number of amides is 2. The van der Waals surface area contributed by atoms with Crippen LogP contribution in [0.2, 0.25) is 0 Å². The van der Waals surface area contributed by atoms with Gasteiger partial charge in [0.05, 0.1) is 6.54 Å². The summed E-state index contributed by atoms with van der Waals surface area (Å²) >= 11 is 1.88. The standard InChI is InChI=1S/C13H24N2O2S/c1-4-10(3)12-13(17)14-9-11(16)15(12)7-6-8-18-5-2/h10,12H,4-9H2,1-3H3,(H,14,17). The molecule has 2 amide bonds. The molecule has 1 aliphatic heterocycles. The van der Waals surface area contributed by atoms with Crippen LogP contribution in [-0.2, 0) is 9.59 Å². The maximum absolute atomic E-state index is 11.9. The number of hydrogen-bond donors (Lipinski definition) is 1. The van der Waals surface area contributed by atoms with Gasteiger partial charge in [-0.3, -0.25) is 9.59 Å². The number of hydrogen-bond acceptors (Lipinski definition) is 3. The summed E-state index contributed by atoms with van der Waals surface area (Å²) in [6.07, 6.45) is 1.87. The second kappa shape index (κ2) is 7.67.